The van der Waals surface area contributed by atoms with Crippen LogP contribution in [0.25, 0.3) is 0 Å². The van der Waals surface area contributed by atoms with E-state index in [9.17, 15) is 4.79 Å². The number of hydrogen-bond donors (Lipinski definition) is 2. The molecule has 0 saturated heterocycles. The van der Waals surface area contributed by atoms with Gasteiger partial charge in [-0.3, -0.25) is 4.79 Å². The largest absolute Gasteiger partial charge is 0.480 e. The molecule has 0 fully saturated rings. The molecule has 0 atom stereocenters. The number of aliphatic carboxylic acids is 1. The van der Waals surface area contributed by atoms with E-state index in [0.717, 1.165) is 0 Å². The second-order valence-electron chi connectivity index (χ2n) is 2.58. The van der Waals surface area contributed by atoms with Gasteiger partial charge in [-0.05, 0) is 28.8 Å². The first kappa shape index (κ1) is 9.22. The maximum Gasteiger partial charge on any atom is 0.317 e. The van der Waals surface area contributed by atoms with Crippen LogP contribution in [0.5, 0.6) is 0 Å². The highest BCUT2D eigenvalue weighted by Gasteiger charge is 1.99. The van der Waals surface area contributed by atoms with E-state index in [4.69, 9.17) is 5.11 Å². The number of aryl methyl sites for hydroxylation is 1. The quantitative estimate of drug-likeness (QED) is 0.741. The summed E-state index contributed by atoms with van der Waals surface area (Å²) in [7, 11) is 0. The number of carboxylic acids is 1. The van der Waals surface area contributed by atoms with Crippen molar-refractivity contribution in [3.8, 4) is 0 Å². The number of carboxylic acid groups (broad SMARTS) is 1. The lowest BCUT2D eigenvalue weighted by Gasteiger charge is -1.99. The molecule has 1 heterocycles. The van der Waals surface area contributed by atoms with Crippen molar-refractivity contribution in [1.29, 1.82) is 0 Å². The van der Waals surface area contributed by atoms with Crippen molar-refractivity contribution in [3.63, 3.8) is 0 Å². The number of hydrogen-bond acceptors (Lipinski definition) is 3. The molecule has 0 aliphatic rings. The summed E-state index contributed by atoms with van der Waals surface area (Å²) in [5.74, 6) is -0.817. The van der Waals surface area contributed by atoms with Gasteiger partial charge in [0, 0.05) is 6.54 Å². The van der Waals surface area contributed by atoms with Gasteiger partial charge in [-0.1, -0.05) is 0 Å². The van der Waals surface area contributed by atoms with Gasteiger partial charge in [0.1, 0.15) is 0 Å². The third-order valence-corrected chi connectivity index (χ3v) is 2.46. The van der Waals surface area contributed by atoms with E-state index in [1.54, 1.807) is 11.3 Å². The Bertz CT molecular complexity index is 270. The average molecular weight is 185 g/mol. The second kappa shape index (κ2) is 4.23. The third-order valence-electron chi connectivity index (χ3n) is 1.55. The topological polar surface area (TPSA) is 49.3 Å². The Kier molecular flexibility index (Phi) is 3.25. The summed E-state index contributed by atoms with van der Waals surface area (Å²) in [6, 6.07) is 0. The van der Waals surface area contributed by atoms with Crippen LogP contribution in [0.1, 0.15) is 11.1 Å². The Hall–Kier alpha value is -0.870. The van der Waals surface area contributed by atoms with Gasteiger partial charge < -0.3 is 10.4 Å². The Labute approximate surface area is 75.0 Å². The molecule has 0 unspecified atom stereocenters. The summed E-state index contributed by atoms with van der Waals surface area (Å²) in [6.07, 6.45) is 0. The molecule has 1 rings (SSSR count). The van der Waals surface area contributed by atoms with Gasteiger partial charge in [-0.15, -0.1) is 0 Å². The lowest BCUT2D eigenvalue weighted by molar-refractivity contribution is -0.135. The summed E-state index contributed by atoms with van der Waals surface area (Å²) in [4.78, 5) is 10.2. The molecule has 0 amide bonds. The summed E-state index contributed by atoms with van der Waals surface area (Å²) < 4.78 is 0. The van der Waals surface area contributed by atoms with Gasteiger partial charge in [0.05, 0.1) is 6.54 Å². The summed E-state index contributed by atoms with van der Waals surface area (Å²) in [5, 5.41) is 15.3. The van der Waals surface area contributed by atoms with Crippen molar-refractivity contribution in [3.05, 3.63) is 21.9 Å². The van der Waals surface area contributed by atoms with E-state index in [-0.39, 0.29) is 6.54 Å². The van der Waals surface area contributed by atoms with Crippen molar-refractivity contribution >= 4 is 17.3 Å². The van der Waals surface area contributed by atoms with E-state index in [0.29, 0.717) is 6.54 Å². The minimum absolute atomic E-state index is 0.0231. The lowest BCUT2D eigenvalue weighted by Crippen LogP contribution is -2.21. The minimum atomic E-state index is -0.817. The predicted octanol–water partition coefficient (Wildman–Crippen LogP) is 1.23. The van der Waals surface area contributed by atoms with Crippen molar-refractivity contribution < 1.29 is 9.90 Å². The molecule has 2 N–H and O–H groups in total. The minimum Gasteiger partial charge on any atom is -0.480 e. The van der Waals surface area contributed by atoms with Crippen molar-refractivity contribution in [1.82, 2.24) is 5.32 Å². The van der Waals surface area contributed by atoms with Crippen LogP contribution >= 0.6 is 11.3 Å². The summed E-state index contributed by atoms with van der Waals surface area (Å²) >= 11 is 1.64. The number of thiophene rings is 1. The molecule has 1 aromatic heterocycles. The van der Waals surface area contributed by atoms with Crippen molar-refractivity contribution in [2.24, 2.45) is 0 Å². The highest BCUT2D eigenvalue weighted by Crippen LogP contribution is 2.12. The number of carbonyl (C=O) groups is 1. The molecule has 0 aliphatic heterocycles. The van der Waals surface area contributed by atoms with Gasteiger partial charge in [0.15, 0.2) is 0 Å². The highest BCUT2D eigenvalue weighted by molar-refractivity contribution is 7.08. The zero-order valence-corrected chi connectivity index (χ0v) is 7.65. The molecule has 0 aliphatic carbocycles. The molecule has 0 aromatic carbocycles. The molecule has 4 heteroatoms. The highest BCUT2D eigenvalue weighted by atomic mass is 32.1. The van der Waals surface area contributed by atoms with E-state index >= 15 is 0 Å². The first-order valence-corrected chi connectivity index (χ1v) is 4.58. The van der Waals surface area contributed by atoms with Crippen molar-refractivity contribution in [2.45, 2.75) is 13.5 Å². The number of rotatable bonds is 4. The smallest absolute Gasteiger partial charge is 0.317 e. The van der Waals surface area contributed by atoms with Crippen LogP contribution in [0.3, 0.4) is 0 Å². The van der Waals surface area contributed by atoms with Crippen LogP contribution < -0.4 is 5.32 Å². The van der Waals surface area contributed by atoms with E-state index < -0.39 is 5.97 Å². The Morgan fingerprint density at radius 3 is 2.92 bits per heavy atom. The predicted molar refractivity (Wildman–Crippen MR) is 48.4 cm³/mol. The Morgan fingerprint density at radius 2 is 2.42 bits per heavy atom. The fourth-order valence-electron chi connectivity index (χ4n) is 0.872. The second-order valence-corrected chi connectivity index (χ2v) is 3.32. The maximum atomic E-state index is 10.2. The summed E-state index contributed by atoms with van der Waals surface area (Å²) in [6.45, 7) is 2.69. The van der Waals surface area contributed by atoms with Crippen LogP contribution in [0.4, 0.5) is 0 Å². The lowest BCUT2D eigenvalue weighted by atomic mass is 10.2. The zero-order chi connectivity index (χ0) is 8.97. The standard InChI is InChI=1S/C8H11NO2S/c1-6-4-12-5-7(6)2-9-3-8(10)11/h4-5,9H,2-3H2,1H3,(H,10,11). The fourth-order valence-corrected chi connectivity index (χ4v) is 1.73. The van der Waals surface area contributed by atoms with E-state index in [2.05, 4.69) is 10.7 Å². The Balaban J connectivity index is 2.33. The molecular formula is C8H11NO2S. The van der Waals surface area contributed by atoms with Gasteiger partial charge in [-0.2, -0.15) is 11.3 Å². The first-order chi connectivity index (χ1) is 5.70. The molecule has 1 aromatic rings. The summed E-state index contributed by atoms with van der Waals surface area (Å²) in [5.41, 5.74) is 2.40. The van der Waals surface area contributed by atoms with Crippen LogP contribution in [-0.2, 0) is 11.3 Å². The Morgan fingerprint density at radius 1 is 1.67 bits per heavy atom. The molecule has 0 spiro atoms. The molecule has 0 saturated carbocycles. The van der Waals surface area contributed by atoms with Crippen LogP contribution in [-0.4, -0.2) is 17.6 Å². The molecule has 3 nitrogen and oxygen atoms in total. The molecule has 0 bridgehead atoms. The van der Waals surface area contributed by atoms with Crippen LogP contribution in [0, 0.1) is 6.92 Å². The first-order valence-electron chi connectivity index (χ1n) is 3.64. The number of nitrogens with one attached hydrogen (secondary N) is 1. The third kappa shape index (κ3) is 2.64. The maximum absolute atomic E-state index is 10.2. The van der Waals surface area contributed by atoms with Gasteiger partial charge in [-0.25, -0.2) is 0 Å². The monoisotopic (exact) mass is 185 g/mol. The molecule has 0 radical (unpaired) electrons. The van der Waals surface area contributed by atoms with E-state index in [1.807, 2.05) is 12.3 Å². The van der Waals surface area contributed by atoms with Gasteiger partial charge in [0.2, 0.25) is 0 Å². The molecular weight excluding hydrogens is 174 g/mol. The van der Waals surface area contributed by atoms with Crippen LogP contribution in [0.2, 0.25) is 0 Å². The van der Waals surface area contributed by atoms with Gasteiger partial charge in [0.25, 0.3) is 0 Å². The normalized spacial score (nSPS) is 10.1. The zero-order valence-electron chi connectivity index (χ0n) is 6.83. The molecule has 12 heavy (non-hydrogen) atoms. The fraction of sp³-hybridized carbons (Fsp3) is 0.375. The van der Waals surface area contributed by atoms with Crippen molar-refractivity contribution in [2.75, 3.05) is 6.54 Å². The van der Waals surface area contributed by atoms with E-state index in [1.165, 1.54) is 11.1 Å². The van der Waals surface area contributed by atoms with Gasteiger partial charge >= 0.3 is 5.97 Å². The SMILES string of the molecule is Cc1cscc1CNCC(=O)O. The van der Waals surface area contributed by atoms with Crippen LogP contribution in [0.15, 0.2) is 10.8 Å². The molecule has 66 valence electrons. The average Bonchev–Trinajstić information content (AvgIpc) is 2.36.